The van der Waals surface area contributed by atoms with Crippen LogP contribution in [0.3, 0.4) is 0 Å². The van der Waals surface area contributed by atoms with Crippen molar-refractivity contribution in [3.05, 3.63) is 89.5 Å². The minimum absolute atomic E-state index is 0.154. The zero-order valence-corrected chi connectivity index (χ0v) is 19.3. The Labute approximate surface area is 199 Å². The number of carbonyl (C=O) groups is 2. The lowest BCUT2D eigenvalue weighted by atomic mass is 9.96. The number of hydrogen-bond donors (Lipinski definition) is 3. The Morgan fingerprint density at radius 1 is 1.00 bits per heavy atom. The van der Waals surface area contributed by atoms with Crippen molar-refractivity contribution >= 4 is 29.1 Å². The topological polar surface area (TPSA) is 81.7 Å². The van der Waals surface area contributed by atoms with E-state index in [-0.39, 0.29) is 11.7 Å². The van der Waals surface area contributed by atoms with E-state index in [0.717, 1.165) is 59.8 Å². The minimum atomic E-state index is -0.503. The summed E-state index contributed by atoms with van der Waals surface area (Å²) in [6.07, 6.45) is 3.07. The quantitative estimate of drug-likeness (QED) is 0.471. The molecule has 6 nitrogen and oxygen atoms in total. The molecule has 0 spiro atoms. The Balaban J connectivity index is 1.70. The number of ketones is 1. The number of hydrogen-bond acceptors (Lipinski definition) is 5. The number of anilines is 2. The molecular weight excluding hydrogens is 426 g/mol. The third kappa shape index (κ3) is 5.60. The van der Waals surface area contributed by atoms with Gasteiger partial charge in [0, 0.05) is 43.0 Å². The molecular formula is C28H29N3O3. The van der Waals surface area contributed by atoms with E-state index < -0.39 is 6.61 Å². The van der Waals surface area contributed by atoms with Gasteiger partial charge in [0.2, 0.25) is 0 Å². The van der Waals surface area contributed by atoms with Crippen molar-refractivity contribution < 1.29 is 14.7 Å². The van der Waals surface area contributed by atoms with Gasteiger partial charge in [-0.25, -0.2) is 0 Å². The van der Waals surface area contributed by atoms with Crippen LogP contribution in [-0.4, -0.2) is 49.6 Å². The Kier molecular flexibility index (Phi) is 7.52. The van der Waals surface area contributed by atoms with Gasteiger partial charge in [0.15, 0.2) is 5.78 Å². The number of aryl methyl sites for hydroxylation is 1. The molecule has 0 saturated carbocycles. The number of amides is 1. The maximum absolute atomic E-state index is 13.0. The minimum Gasteiger partial charge on any atom is -0.388 e. The van der Waals surface area contributed by atoms with E-state index in [2.05, 4.69) is 33.7 Å². The van der Waals surface area contributed by atoms with Crippen LogP contribution < -0.4 is 15.5 Å². The summed E-state index contributed by atoms with van der Waals surface area (Å²) in [5.41, 5.74) is 6.26. The summed E-state index contributed by atoms with van der Waals surface area (Å²) in [6, 6.07) is 21.3. The van der Waals surface area contributed by atoms with Gasteiger partial charge < -0.3 is 20.6 Å². The number of nitrogens with zero attached hydrogens (tertiary/aromatic N) is 1. The molecule has 0 bridgehead atoms. The Bertz CT molecular complexity index is 1200. The largest absolute Gasteiger partial charge is 0.388 e. The number of carbonyl (C=O) groups excluding carboxylic acids is 2. The van der Waals surface area contributed by atoms with Crippen molar-refractivity contribution in [2.24, 2.45) is 0 Å². The van der Waals surface area contributed by atoms with Crippen LogP contribution in [0.5, 0.6) is 0 Å². The zero-order chi connectivity index (χ0) is 23.9. The van der Waals surface area contributed by atoms with Gasteiger partial charge in [0.1, 0.15) is 6.61 Å². The molecule has 0 aromatic heterocycles. The smallest absolute Gasteiger partial charge is 0.255 e. The predicted octanol–water partition coefficient (Wildman–Crippen LogP) is 3.90. The molecule has 3 aromatic rings. The van der Waals surface area contributed by atoms with Crippen molar-refractivity contribution in [3.8, 4) is 11.1 Å². The molecule has 6 heteroatoms. The molecule has 0 atom stereocenters. The van der Waals surface area contributed by atoms with Gasteiger partial charge in [-0.15, -0.1) is 0 Å². The molecule has 0 aliphatic carbocycles. The van der Waals surface area contributed by atoms with Crippen molar-refractivity contribution in [2.75, 3.05) is 43.0 Å². The Morgan fingerprint density at radius 3 is 2.44 bits per heavy atom. The highest BCUT2D eigenvalue weighted by Crippen LogP contribution is 2.35. The van der Waals surface area contributed by atoms with Crippen LogP contribution in [0, 0.1) is 6.92 Å². The second-order valence-corrected chi connectivity index (χ2v) is 8.32. The Morgan fingerprint density at radius 2 is 1.74 bits per heavy atom. The molecule has 3 aromatic carbocycles. The molecule has 1 fully saturated rings. The van der Waals surface area contributed by atoms with Crippen LogP contribution in [0.4, 0.5) is 11.4 Å². The first-order valence-corrected chi connectivity index (χ1v) is 11.4. The summed E-state index contributed by atoms with van der Waals surface area (Å²) in [5.74, 6) is -0.491. The lowest BCUT2D eigenvalue weighted by Crippen LogP contribution is -2.43. The average Bonchev–Trinajstić information content (AvgIpc) is 2.88. The van der Waals surface area contributed by atoms with E-state index in [1.807, 2.05) is 43.3 Å². The van der Waals surface area contributed by atoms with Gasteiger partial charge >= 0.3 is 0 Å². The van der Waals surface area contributed by atoms with Crippen LogP contribution in [-0.2, 0) is 4.79 Å². The second-order valence-electron chi connectivity index (χ2n) is 8.32. The summed E-state index contributed by atoms with van der Waals surface area (Å²) in [7, 11) is 0. The van der Waals surface area contributed by atoms with Gasteiger partial charge in [-0.1, -0.05) is 48.5 Å². The zero-order valence-electron chi connectivity index (χ0n) is 19.3. The van der Waals surface area contributed by atoms with Crippen LogP contribution in [0.25, 0.3) is 17.2 Å². The number of rotatable bonds is 7. The number of nitrogens with one attached hydrogen (secondary N) is 2. The van der Waals surface area contributed by atoms with Crippen molar-refractivity contribution in [2.45, 2.75) is 6.92 Å². The molecule has 34 heavy (non-hydrogen) atoms. The number of aliphatic hydroxyl groups is 1. The van der Waals surface area contributed by atoms with Crippen molar-refractivity contribution in [3.63, 3.8) is 0 Å². The number of piperazine rings is 1. The van der Waals surface area contributed by atoms with E-state index >= 15 is 0 Å². The maximum atomic E-state index is 13.0. The number of aliphatic hydroxyl groups excluding tert-OH is 1. The van der Waals surface area contributed by atoms with Gasteiger partial charge in [0.25, 0.3) is 5.91 Å². The summed E-state index contributed by atoms with van der Waals surface area (Å²) >= 11 is 0. The highest BCUT2D eigenvalue weighted by atomic mass is 16.3. The fraction of sp³-hybridized carbons (Fsp3) is 0.214. The van der Waals surface area contributed by atoms with Crippen LogP contribution in [0.1, 0.15) is 21.5 Å². The number of benzene rings is 3. The van der Waals surface area contributed by atoms with Crippen LogP contribution >= 0.6 is 0 Å². The van der Waals surface area contributed by atoms with Crippen LogP contribution in [0.15, 0.2) is 72.8 Å². The first kappa shape index (κ1) is 23.4. The highest BCUT2D eigenvalue weighted by molar-refractivity contribution is 6.06. The van der Waals surface area contributed by atoms with E-state index in [4.69, 9.17) is 5.11 Å². The molecule has 1 aliphatic heterocycles. The molecule has 1 amide bonds. The molecule has 0 unspecified atom stereocenters. The molecule has 1 saturated heterocycles. The fourth-order valence-electron chi connectivity index (χ4n) is 4.11. The lowest BCUT2D eigenvalue weighted by Gasteiger charge is -2.30. The average molecular weight is 456 g/mol. The molecule has 4 rings (SSSR count). The normalized spacial score (nSPS) is 13.8. The van der Waals surface area contributed by atoms with Crippen molar-refractivity contribution in [1.29, 1.82) is 0 Å². The van der Waals surface area contributed by atoms with Gasteiger partial charge in [-0.05, 0) is 54.0 Å². The van der Waals surface area contributed by atoms with Crippen LogP contribution in [0.2, 0.25) is 0 Å². The Hall–Kier alpha value is -3.74. The molecule has 1 heterocycles. The third-order valence-electron chi connectivity index (χ3n) is 5.93. The van der Waals surface area contributed by atoms with E-state index in [9.17, 15) is 9.59 Å². The molecule has 1 aliphatic rings. The fourth-order valence-corrected chi connectivity index (χ4v) is 4.11. The summed E-state index contributed by atoms with van der Waals surface area (Å²) < 4.78 is 0. The molecule has 174 valence electrons. The van der Waals surface area contributed by atoms with E-state index in [1.54, 1.807) is 18.2 Å². The van der Waals surface area contributed by atoms with Gasteiger partial charge in [-0.2, -0.15) is 0 Å². The maximum Gasteiger partial charge on any atom is 0.255 e. The molecule has 0 radical (unpaired) electrons. The molecule has 3 N–H and O–H groups in total. The summed E-state index contributed by atoms with van der Waals surface area (Å²) in [5, 5.41) is 15.4. The van der Waals surface area contributed by atoms with Crippen molar-refractivity contribution in [1.82, 2.24) is 5.32 Å². The first-order chi connectivity index (χ1) is 16.5. The first-order valence-electron chi connectivity index (χ1n) is 11.4. The third-order valence-corrected chi connectivity index (χ3v) is 5.93. The summed E-state index contributed by atoms with van der Waals surface area (Å²) in [6.45, 7) is 5.20. The predicted molar refractivity (Wildman–Crippen MR) is 137 cm³/mol. The standard InChI is InChI=1S/C28H29N3O3/c1-20-17-21(7-10-24(33)19-32)8-11-25(20)26-12-9-23(31-15-13-29-14-16-31)18-27(26)30-28(34)22-5-3-2-4-6-22/h2-12,17-18,29,32H,13-16,19H2,1H3,(H,30,34)/b10-7+. The van der Waals surface area contributed by atoms with E-state index in [0.29, 0.717) is 5.56 Å². The van der Waals surface area contributed by atoms with E-state index in [1.165, 1.54) is 6.08 Å². The monoisotopic (exact) mass is 455 g/mol. The second kappa shape index (κ2) is 10.9. The lowest BCUT2D eigenvalue weighted by molar-refractivity contribution is -0.117. The van der Waals surface area contributed by atoms with Gasteiger partial charge in [-0.3, -0.25) is 9.59 Å². The summed E-state index contributed by atoms with van der Waals surface area (Å²) in [4.78, 5) is 26.7. The van der Waals surface area contributed by atoms with Gasteiger partial charge in [0.05, 0.1) is 5.69 Å². The SMILES string of the molecule is Cc1cc(/C=C/C(=O)CO)ccc1-c1ccc(N2CCNCC2)cc1NC(=O)c1ccccc1. The highest BCUT2D eigenvalue weighted by Gasteiger charge is 2.16.